The average molecular weight is 359 g/mol. The Morgan fingerprint density at radius 3 is 2.75 bits per heavy atom. The molecule has 0 aliphatic rings. The fourth-order valence-electron chi connectivity index (χ4n) is 2.66. The lowest BCUT2D eigenvalue weighted by Gasteiger charge is -2.20. The molecule has 5 heteroatoms. The van der Waals surface area contributed by atoms with E-state index in [9.17, 15) is 0 Å². The lowest BCUT2D eigenvalue weighted by molar-refractivity contribution is 0.416. The van der Waals surface area contributed by atoms with Crippen LogP contribution >= 0.6 is 27.5 Å². The van der Waals surface area contributed by atoms with Gasteiger partial charge >= 0.3 is 0 Å². The number of unbranched alkanes of at least 4 members (excludes halogenated alkanes) is 1. The van der Waals surface area contributed by atoms with Crippen molar-refractivity contribution in [2.24, 2.45) is 0 Å². The van der Waals surface area contributed by atoms with Crippen molar-refractivity contribution in [3.63, 3.8) is 0 Å². The molecule has 0 bridgehead atoms. The maximum atomic E-state index is 6.10. The summed E-state index contributed by atoms with van der Waals surface area (Å²) >= 11 is 9.55. The van der Waals surface area contributed by atoms with Crippen LogP contribution in [0.3, 0.4) is 0 Å². The molecule has 3 nitrogen and oxygen atoms in total. The van der Waals surface area contributed by atoms with Gasteiger partial charge in [0.2, 0.25) is 0 Å². The molecule has 0 aromatic carbocycles. The molecule has 2 aromatic heterocycles. The van der Waals surface area contributed by atoms with Gasteiger partial charge in [0.15, 0.2) is 5.65 Å². The summed E-state index contributed by atoms with van der Waals surface area (Å²) in [7, 11) is 0. The zero-order chi connectivity index (χ0) is 14.5. The van der Waals surface area contributed by atoms with E-state index in [-0.39, 0.29) is 0 Å². The molecule has 0 spiro atoms. The fourth-order valence-corrected chi connectivity index (χ4v) is 3.17. The molecule has 20 heavy (non-hydrogen) atoms. The smallest absolute Gasteiger partial charge is 0.160 e. The third-order valence-electron chi connectivity index (χ3n) is 3.57. The number of nitrogens with zero attached hydrogens (tertiary/aromatic N) is 3. The van der Waals surface area contributed by atoms with Gasteiger partial charge in [-0.1, -0.05) is 33.1 Å². The van der Waals surface area contributed by atoms with Gasteiger partial charge in [0.1, 0.15) is 11.3 Å². The first-order valence-electron chi connectivity index (χ1n) is 7.29. The SMILES string of the molecule is CCCCC(CCC)n1c(CCl)nc2cc(Br)cnc21. The van der Waals surface area contributed by atoms with Crippen LogP contribution in [0.2, 0.25) is 0 Å². The van der Waals surface area contributed by atoms with E-state index in [1.54, 1.807) is 0 Å². The van der Waals surface area contributed by atoms with Gasteiger partial charge in [0.25, 0.3) is 0 Å². The van der Waals surface area contributed by atoms with Crippen LogP contribution in [0.1, 0.15) is 57.8 Å². The summed E-state index contributed by atoms with van der Waals surface area (Å²) in [6.07, 6.45) is 7.74. The van der Waals surface area contributed by atoms with Crippen molar-refractivity contribution in [2.45, 2.75) is 57.9 Å². The monoisotopic (exact) mass is 357 g/mol. The first-order chi connectivity index (χ1) is 9.71. The Hall–Kier alpha value is -0.610. The van der Waals surface area contributed by atoms with Crippen LogP contribution in [-0.2, 0) is 5.88 Å². The molecule has 2 aromatic rings. The maximum Gasteiger partial charge on any atom is 0.160 e. The average Bonchev–Trinajstić information content (AvgIpc) is 2.80. The summed E-state index contributed by atoms with van der Waals surface area (Å²) < 4.78 is 3.21. The van der Waals surface area contributed by atoms with Crippen LogP contribution in [0, 0.1) is 0 Å². The van der Waals surface area contributed by atoms with Crippen LogP contribution in [-0.4, -0.2) is 14.5 Å². The molecule has 0 saturated carbocycles. The van der Waals surface area contributed by atoms with Crippen molar-refractivity contribution in [3.05, 3.63) is 22.6 Å². The summed E-state index contributed by atoms with van der Waals surface area (Å²) in [5.74, 6) is 1.36. The molecule has 2 rings (SSSR count). The number of halogens is 2. The van der Waals surface area contributed by atoms with E-state index in [2.05, 4.69) is 44.3 Å². The van der Waals surface area contributed by atoms with E-state index in [1.165, 1.54) is 12.8 Å². The zero-order valence-corrected chi connectivity index (χ0v) is 14.4. The van der Waals surface area contributed by atoms with E-state index in [0.717, 1.165) is 40.7 Å². The number of alkyl halides is 1. The Kier molecular flexibility index (Phi) is 5.85. The van der Waals surface area contributed by atoms with Gasteiger partial charge in [0.05, 0.1) is 5.88 Å². The Morgan fingerprint density at radius 2 is 2.10 bits per heavy atom. The number of hydrogen-bond acceptors (Lipinski definition) is 2. The molecule has 2 heterocycles. The molecular formula is C15H21BrClN3. The first-order valence-corrected chi connectivity index (χ1v) is 8.62. The molecule has 0 aliphatic heterocycles. The molecule has 0 N–H and O–H groups in total. The molecule has 110 valence electrons. The Morgan fingerprint density at radius 1 is 1.30 bits per heavy atom. The second-order valence-corrected chi connectivity index (χ2v) is 6.30. The van der Waals surface area contributed by atoms with Gasteiger partial charge in [0, 0.05) is 16.7 Å². The molecule has 0 amide bonds. The number of fused-ring (bicyclic) bond motifs is 1. The second-order valence-electron chi connectivity index (χ2n) is 5.11. The van der Waals surface area contributed by atoms with Crippen molar-refractivity contribution in [3.8, 4) is 0 Å². The third-order valence-corrected chi connectivity index (χ3v) is 4.24. The van der Waals surface area contributed by atoms with E-state index >= 15 is 0 Å². The summed E-state index contributed by atoms with van der Waals surface area (Å²) in [6, 6.07) is 2.46. The Bertz CT molecular complexity index is 567. The van der Waals surface area contributed by atoms with E-state index < -0.39 is 0 Å². The fraction of sp³-hybridized carbons (Fsp3) is 0.600. The van der Waals surface area contributed by atoms with Crippen molar-refractivity contribution in [1.82, 2.24) is 14.5 Å². The highest BCUT2D eigenvalue weighted by atomic mass is 79.9. The van der Waals surface area contributed by atoms with Crippen molar-refractivity contribution >= 4 is 38.7 Å². The largest absolute Gasteiger partial charge is 0.309 e. The lowest BCUT2D eigenvalue weighted by atomic mass is 10.0. The van der Waals surface area contributed by atoms with Crippen LogP contribution in [0.15, 0.2) is 16.7 Å². The molecular weight excluding hydrogens is 338 g/mol. The van der Waals surface area contributed by atoms with Crippen LogP contribution < -0.4 is 0 Å². The minimum absolute atomic E-state index is 0.431. The highest BCUT2D eigenvalue weighted by Gasteiger charge is 2.19. The van der Waals surface area contributed by atoms with Crippen molar-refractivity contribution in [1.29, 1.82) is 0 Å². The van der Waals surface area contributed by atoms with Crippen LogP contribution in [0.5, 0.6) is 0 Å². The van der Waals surface area contributed by atoms with Gasteiger partial charge in [-0.25, -0.2) is 9.97 Å². The topological polar surface area (TPSA) is 30.7 Å². The number of aromatic nitrogens is 3. The number of pyridine rings is 1. The predicted molar refractivity (Wildman–Crippen MR) is 88.3 cm³/mol. The van der Waals surface area contributed by atoms with Gasteiger partial charge in [-0.15, -0.1) is 11.6 Å². The van der Waals surface area contributed by atoms with E-state index in [0.29, 0.717) is 11.9 Å². The van der Waals surface area contributed by atoms with E-state index in [1.807, 2.05) is 12.3 Å². The Labute approximate surface area is 133 Å². The predicted octanol–water partition coefficient (Wildman–Crippen LogP) is 5.46. The van der Waals surface area contributed by atoms with E-state index in [4.69, 9.17) is 11.6 Å². The summed E-state index contributed by atoms with van der Waals surface area (Å²) in [6.45, 7) is 4.45. The highest BCUT2D eigenvalue weighted by Crippen LogP contribution is 2.28. The zero-order valence-electron chi connectivity index (χ0n) is 12.1. The first kappa shape index (κ1) is 15.8. The quantitative estimate of drug-likeness (QED) is 0.615. The summed E-state index contributed by atoms with van der Waals surface area (Å²) in [4.78, 5) is 9.20. The molecule has 0 aliphatic carbocycles. The van der Waals surface area contributed by atoms with Crippen LogP contribution in [0.25, 0.3) is 11.2 Å². The number of imidazole rings is 1. The molecule has 1 unspecified atom stereocenters. The minimum Gasteiger partial charge on any atom is -0.309 e. The molecule has 0 fully saturated rings. The lowest BCUT2D eigenvalue weighted by Crippen LogP contribution is -2.12. The minimum atomic E-state index is 0.431. The van der Waals surface area contributed by atoms with Gasteiger partial charge < -0.3 is 4.57 Å². The van der Waals surface area contributed by atoms with Crippen LogP contribution in [0.4, 0.5) is 0 Å². The maximum absolute atomic E-state index is 6.10. The van der Waals surface area contributed by atoms with Gasteiger partial charge in [-0.2, -0.15) is 0 Å². The molecule has 0 radical (unpaired) electrons. The molecule has 1 atom stereocenters. The van der Waals surface area contributed by atoms with Crippen molar-refractivity contribution < 1.29 is 0 Å². The standard InChI is InChI=1S/C15H21BrClN3/c1-3-5-7-12(6-4-2)20-14(9-17)19-13-8-11(16)10-18-15(13)20/h8,10,12H,3-7,9H2,1-2H3. The molecule has 0 saturated heterocycles. The number of hydrogen-bond donors (Lipinski definition) is 0. The van der Waals surface area contributed by atoms with Gasteiger partial charge in [-0.05, 0) is 34.8 Å². The number of rotatable bonds is 7. The normalized spacial score (nSPS) is 13.0. The summed E-state index contributed by atoms with van der Waals surface area (Å²) in [5.41, 5.74) is 1.88. The van der Waals surface area contributed by atoms with Gasteiger partial charge in [-0.3, -0.25) is 0 Å². The highest BCUT2D eigenvalue weighted by molar-refractivity contribution is 9.10. The Balaban J connectivity index is 2.47. The third kappa shape index (κ3) is 3.34. The second kappa shape index (κ2) is 7.41. The van der Waals surface area contributed by atoms with Crippen molar-refractivity contribution in [2.75, 3.05) is 0 Å². The summed E-state index contributed by atoms with van der Waals surface area (Å²) in [5, 5.41) is 0.